The lowest BCUT2D eigenvalue weighted by Gasteiger charge is -2.07. The number of aromatic nitrogens is 2. The van der Waals surface area contributed by atoms with Crippen LogP contribution in [0.4, 0.5) is 0 Å². The minimum Gasteiger partial charge on any atom is -0.222 e. The molecule has 0 saturated carbocycles. The van der Waals surface area contributed by atoms with Gasteiger partial charge < -0.3 is 0 Å². The van der Waals surface area contributed by atoms with E-state index in [4.69, 9.17) is 0 Å². The number of hydrogen-bond donors (Lipinski definition) is 0. The van der Waals surface area contributed by atoms with Gasteiger partial charge in [0, 0.05) is 11.1 Å². The molecule has 0 aliphatic rings. The molecule has 0 aliphatic carbocycles. The molecule has 0 N–H and O–H groups in total. The molecule has 0 bridgehead atoms. The summed E-state index contributed by atoms with van der Waals surface area (Å²) in [7, 11) is 0. The zero-order valence-electron chi connectivity index (χ0n) is 18.8. The average molecular weight is 410 g/mol. The number of imidazole rings is 1. The van der Waals surface area contributed by atoms with E-state index >= 15 is 0 Å². The molecule has 0 atom stereocenters. The molecule has 4 aromatic rings. The van der Waals surface area contributed by atoms with Crippen LogP contribution >= 0.6 is 0 Å². The topological polar surface area (TPSA) is 8.81 Å². The van der Waals surface area contributed by atoms with Gasteiger partial charge in [-0.3, -0.25) is 0 Å². The average Bonchev–Trinajstić information content (AvgIpc) is 3.16. The fourth-order valence-electron chi connectivity index (χ4n) is 4.36. The number of hydrogen-bond acceptors (Lipinski definition) is 0. The van der Waals surface area contributed by atoms with Crippen molar-refractivity contribution in [2.45, 2.75) is 52.6 Å². The molecule has 1 heterocycles. The van der Waals surface area contributed by atoms with Crippen molar-refractivity contribution >= 4 is 0 Å². The predicted molar refractivity (Wildman–Crippen MR) is 131 cm³/mol. The number of benzene rings is 3. The molecule has 3 aromatic carbocycles. The van der Waals surface area contributed by atoms with Crippen LogP contribution < -0.4 is 4.57 Å². The first-order chi connectivity index (χ1) is 15.3. The summed E-state index contributed by atoms with van der Waals surface area (Å²) in [4.78, 5) is 0. The van der Waals surface area contributed by atoms with E-state index in [1.807, 2.05) is 0 Å². The standard InChI is InChI=1S/C29H33N2/c1-3-5-22-30-27(24-16-10-7-11-17-24)28(25-18-12-8-13-19-25)31(23-6-4-2)29(30)26-20-14-9-15-21-26/h7-21H,3-6,22-23H2,1-2H3/q+1. The van der Waals surface area contributed by atoms with E-state index in [-0.39, 0.29) is 0 Å². The Morgan fingerprint density at radius 2 is 1.13 bits per heavy atom. The number of rotatable bonds is 9. The van der Waals surface area contributed by atoms with Gasteiger partial charge in [0.1, 0.15) is 0 Å². The highest BCUT2D eigenvalue weighted by Gasteiger charge is 2.32. The van der Waals surface area contributed by atoms with Crippen molar-refractivity contribution in [3.8, 4) is 33.9 Å². The van der Waals surface area contributed by atoms with E-state index in [1.54, 1.807) is 0 Å². The number of unbranched alkanes of at least 4 members (excludes halogenated alkanes) is 2. The summed E-state index contributed by atoms with van der Waals surface area (Å²) < 4.78 is 5.15. The smallest absolute Gasteiger partial charge is 0.222 e. The molecule has 0 aliphatic heterocycles. The third kappa shape index (κ3) is 4.49. The van der Waals surface area contributed by atoms with Crippen molar-refractivity contribution in [1.29, 1.82) is 0 Å². The highest BCUT2D eigenvalue weighted by atomic mass is 15.2. The van der Waals surface area contributed by atoms with E-state index in [0.717, 1.165) is 25.9 Å². The molecule has 2 nitrogen and oxygen atoms in total. The second-order valence-corrected chi connectivity index (χ2v) is 8.13. The van der Waals surface area contributed by atoms with Crippen LogP contribution in [-0.2, 0) is 13.1 Å². The largest absolute Gasteiger partial charge is 0.289 e. The van der Waals surface area contributed by atoms with Crippen molar-refractivity contribution in [1.82, 2.24) is 4.57 Å². The third-order valence-corrected chi connectivity index (χ3v) is 5.87. The summed E-state index contributed by atoms with van der Waals surface area (Å²) >= 11 is 0. The van der Waals surface area contributed by atoms with Gasteiger partial charge in [0.25, 0.3) is 5.82 Å². The maximum atomic E-state index is 2.58. The van der Waals surface area contributed by atoms with Gasteiger partial charge in [0.05, 0.1) is 18.7 Å². The molecule has 2 heteroatoms. The molecular weight excluding hydrogens is 376 g/mol. The van der Waals surface area contributed by atoms with Crippen LogP contribution in [0, 0.1) is 0 Å². The van der Waals surface area contributed by atoms with Crippen LogP contribution in [0.1, 0.15) is 39.5 Å². The summed E-state index contributed by atoms with van der Waals surface area (Å²) in [6, 6.07) is 32.8. The fraction of sp³-hybridized carbons (Fsp3) is 0.276. The summed E-state index contributed by atoms with van der Waals surface area (Å²) in [5.41, 5.74) is 6.51. The molecule has 0 unspecified atom stereocenters. The fourth-order valence-corrected chi connectivity index (χ4v) is 4.36. The van der Waals surface area contributed by atoms with E-state index in [0.29, 0.717) is 0 Å². The molecular formula is C29H33N2+. The summed E-state index contributed by atoms with van der Waals surface area (Å²) in [5.74, 6) is 1.32. The lowest BCUT2D eigenvalue weighted by molar-refractivity contribution is -0.675. The molecule has 0 radical (unpaired) electrons. The van der Waals surface area contributed by atoms with Crippen LogP contribution in [0.25, 0.3) is 33.9 Å². The van der Waals surface area contributed by atoms with E-state index in [2.05, 4.69) is 114 Å². The van der Waals surface area contributed by atoms with E-state index < -0.39 is 0 Å². The van der Waals surface area contributed by atoms with Crippen molar-refractivity contribution in [3.63, 3.8) is 0 Å². The molecule has 0 saturated heterocycles. The van der Waals surface area contributed by atoms with Crippen LogP contribution in [0.3, 0.4) is 0 Å². The van der Waals surface area contributed by atoms with Gasteiger partial charge in [0.2, 0.25) is 0 Å². The Morgan fingerprint density at radius 1 is 0.613 bits per heavy atom. The first kappa shape index (κ1) is 21.1. The minimum atomic E-state index is 1.02. The zero-order chi connectivity index (χ0) is 21.5. The van der Waals surface area contributed by atoms with E-state index in [1.165, 1.54) is 46.7 Å². The second kappa shape index (κ2) is 10.3. The van der Waals surface area contributed by atoms with Gasteiger partial charge >= 0.3 is 0 Å². The van der Waals surface area contributed by atoms with Crippen molar-refractivity contribution in [2.75, 3.05) is 0 Å². The lowest BCUT2D eigenvalue weighted by Crippen LogP contribution is -2.37. The highest BCUT2D eigenvalue weighted by Crippen LogP contribution is 2.35. The third-order valence-electron chi connectivity index (χ3n) is 5.87. The Kier molecular flexibility index (Phi) is 6.99. The van der Waals surface area contributed by atoms with Gasteiger partial charge in [-0.25, -0.2) is 9.13 Å². The predicted octanol–water partition coefficient (Wildman–Crippen LogP) is 7.38. The molecule has 0 amide bonds. The van der Waals surface area contributed by atoms with Gasteiger partial charge in [-0.2, -0.15) is 0 Å². The molecule has 0 spiro atoms. The first-order valence-corrected chi connectivity index (χ1v) is 11.7. The molecule has 158 valence electrons. The Balaban J connectivity index is 2.09. The van der Waals surface area contributed by atoms with Crippen molar-refractivity contribution in [2.24, 2.45) is 0 Å². The summed E-state index contributed by atoms with van der Waals surface area (Å²) in [6.45, 7) is 6.59. The minimum absolute atomic E-state index is 1.02. The SMILES string of the molecule is CCCCn1c(-c2ccccc2)c(-c2ccccc2)[n+](CCCC)c1-c1ccccc1. The molecule has 0 fully saturated rings. The monoisotopic (exact) mass is 409 g/mol. The van der Waals surface area contributed by atoms with Gasteiger partial charge in [-0.15, -0.1) is 0 Å². The van der Waals surface area contributed by atoms with E-state index in [9.17, 15) is 0 Å². The Labute approximate surface area is 186 Å². The van der Waals surface area contributed by atoms with Crippen LogP contribution in [0.5, 0.6) is 0 Å². The highest BCUT2D eigenvalue weighted by molar-refractivity contribution is 5.79. The van der Waals surface area contributed by atoms with Gasteiger partial charge in [-0.1, -0.05) is 106 Å². The summed E-state index contributed by atoms with van der Waals surface area (Å²) in [6.07, 6.45) is 4.68. The van der Waals surface area contributed by atoms with Crippen molar-refractivity contribution in [3.05, 3.63) is 91.0 Å². The van der Waals surface area contributed by atoms with Crippen LogP contribution in [0.2, 0.25) is 0 Å². The van der Waals surface area contributed by atoms with Crippen LogP contribution in [0.15, 0.2) is 91.0 Å². The Morgan fingerprint density at radius 3 is 1.68 bits per heavy atom. The molecule has 1 aromatic heterocycles. The normalized spacial score (nSPS) is 11.0. The lowest BCUT2D eigenvalue weighted by atomic mass is 10.0. The van der Waals surface area contributed by atoms with Crippen molar-refractivity contribution < 1.29 is 4.57 Å². The second-order valence-electron chi connectivity index (χ2n) is 8.13. The first-order valence-electron chi connectivity index (χ1n) is 11.7. The maximum Gasteiger partial charge on any atom is 0.289 e. The Bertz CT molecular complexity index is 1010. The zero-order valence-corrected chi connectivity index (χ0v) is 18.8. The molecule has 4 rings (SSSR count). The quantitative estimate of drug-likeness (QED) is 0.255. The number of nitrogens with zero attached hydrogens (tertiary/aromatic N) is 2. The Hall–Kier alpha value is -3.13. The molecule has 31 heavy (non-hydrogen) atoms. The maximum absolute atomic E-state index is 2.58. The van der Waals surface area contributed by atoms with Gasteiger partial charge in [-0.05, 0) is 25.0 Å². The van der Waals surface area contributed by atoms with Crippen LogP contribution in [-0.4, -0.2) is 4.57 Å². The van der Waals surface area contributed by atoms with Gasteiger partial charge in [0.15, 0.2) is 11.4 Å². The summed E-state index contributed by atoms with van der Waals surface area (Å²) in [5, 5.41) is 0.